The summed E-state index contributed by atoms with van der Waals surface area (Å²) in [5.74, 6) is -0.670. The first kappa shape index (κ1) is 12.5. The van der Waals surface area contributed by atoms with Crippen LogP contribution >= 0.6 is 11.3 Å². The SMILES string of the molecule is CNCc1nnc(-c2ccc([N+](=O)[O-])cc2F)s1. The number of non-ortho nitro benzene ring substituents is 1. The first-order valence-corrected chi connectivity index (χ1v) is 5.84. The summed E-state index contributed by atoms with van der Waals surface area (Å²) in [5.41, 5.74) is -0.0586. The Hall–Kier alpha value is -1.93. The lowest BCUT2D eigenvalue weighted by Crippen LogP contribution is -2.04. The third-order valence-corrected chi connectivity index (χ3v) is 3.15. The summed E-state index contributed by atoms with van der Waals surface area (Å²) >= 11 is 1.24. The van der Waals surface area contributed by atoms with Crippen molar-refractivity contribution < 1.29 is 9.31 Å². The Morgan fingerprint density at radius 2 is 2.28 bits per heavy atom. The van der Waals surface area contributed by atoms with Gasteiger partial charge in [-0.1, -0.05) is 11.3 Å². The first-order chi connectivity index (χ1) is 8.61. The van der Waals surface area contributed by atoms with Gasteiger partial charge in [0.1, 0.15) is 10.8 Å². The van der Waals surface area contributed by atoms with E-state index in [9.17, 15) is 14.5 Å². The van der Waals surface area contributed by atoms with Crippen molar-refractivity contribution in [2.45, 2.75) is 6.54 Å². The van der Waals surface area contributed by atoms with Crippen molar-refractivity contribution in [3.8, 4) is 10.6 Å². The number of benzene rings is 1. The Kier molecular flexibility index (Phi) is 3.58. The maximum atomic E-state index is 13.7. The van der Waals surface area contributed by atoms with Crippen molar-refractivity contribution in [2.24, 2.45) is 0 Å². The molecule has 0 radical (unpaired) electrons. The largest absolute Gasteiger partial charge is 0.313 e. The van der Waals surface area contributed by atoms with Gasteiger partial charge >= 0.3 is 0 Å². The van der Waals surface area contributed by atoms with Gasteiger partial charge in [0.05, 0.1) is 11.0 Å². The summed E-state index contributed by atoms with van der Waals surface area (Å²) in [6, 6.07) is 3.48. The van der Waals surface area contributed by atoms with E-state index in [1.165, 1.54) is 23.5 Å². The summed E-state index contributed by atoms with van der Waals surface area (Å²) in [4.78, 5) is 9.86. The van der Waals surface area contributed by atoms with Gasteiger partial charge in [0.25, 0.3) is 5.69 Å². The van der Waals surface area contributed by atoms with E-state index >= 15 is 0 Å². The monoisotopic (exact) mass is 268 g/mol. The molecule has 0 atom stereocenters. The molecule has 1 aromatic carbocycles. The number of aromatic nitrogens is 2. The Labute approximate surface area is 106 Å². The highest BCUT2D eigenvalue weighted by atomic mass is 32.1. The highest BCUT2D eigenvalue weighted by Gasteiger charge is 2.15. The highest BCUT2D eigenvalue weighted by molar-refractivity contribution is 7.14. The minimum absolute atomic E-state index is 0.223. The van der Waals surface area contributed by atoms with Gasteiger partial charge in [-0.15, -0.1) is 10.2 Å². The van der Waals surface area contributed by atoms with Gasteiger partial charge < -0.3 is 5.32 Å². The zero-order valence-corrected chi connectivity index (χ0v) is 10.2. The van der Waals surface area contributed by atoms with Crippen molar-refractivity contribution in [3.05, 3.63) is 39.1 Å². The Balaban J connectivity index is 2.35. The average molecular weight is 268 g/mol. The molecule has 0 aliphatic rings. The number of nitro benzene ring substituents is 1. The number of nitro groups is 1. The molecule has 0 bridgehead atoms. The maximum absolute atomic E-state index is 13.7. The minimum atomic E-state index is -0.670. The molecule has 2 aromatic rings. The van der Waals surface area contributed by atoms with Gasteiger partial charge in [-0.05, 0) is 13.1 Å². The van der Waals surface area contributed by atoms with E-state index in [2.05, 4.69) is 15.5 Å². The summed E-state index contributed by atoms with van der Waals surface area (Å²) in [7, 11) is 1.77. The van der Waals surface area contributed by atoms with Crippen LogP contribution < -0.4 is 5.32 Å². The summed E-state index contributed by atoms with van der Waals surface area (Å²) in [6.45, 7) is 0.548. The van der Waals surface area contributed by atoms with E-state index in [4.69, 9.17) is 0 Å². The molecule has 0 saturated heterocycles. The number of halogens is 1. The van der Waals surface area contributed by atoms with Gasteiger partial charge in [0.2, 0.25) is 0 Å². The normalized spacial score (nSPS) is 10.6. The third kappa shape index (κ3) is 2.49. The van der Waals surface area contributed by atoms with E-state index < -0.39 is 10.7 Å². The molecule has 0 amide bonds. The van der Waals surface area contributed by atoms with Crippen LogP contribution in [0.5, 0.6) is 0 Å². The maximum Gasteiger partial charge on any atom is 0.272 e. The van der Waals surface area contributed by atoms with Crippen molar-refractivity contribution >= 4 is 17.0 Å². The van der Waals surface area contributed by atoms with Crippen LogP contribution in [0.3, 0.4) is 0 Å². The van der Waals surface area contributed by atoms with Crippen molar-refractivity contribution in [1.29, 1.82) is 0 Å². The Morgan fingerprint density at radius 3 is 2.89 bits per heavy atom. The van der Waals surface area contributed by atoms with Crippen molar-refractivity contribution in [3.63, 3.8) is 0 Å². The third-order valence-electron chi connectivity index (χ3n) is 2.19. The second-order valence-corrected chi connectivity index (χ2v) is 4.51. The zero-order valence-electron chi connectivity index (χ0n) is 9.38. The summed E-state index contributed by atoms with van der Waals surface area (Å²) in [6.07, 6.45) is 0. The molecule has 0 unspecified atom stereocenters. The lowest BCUT2D eigenvalue weighted by atomic mass is 10.2. The molecule has 0 aliphatic heterocycles. The fourth-order valence-corrected chi connectivity index (χ4v) is 2.25. The van der Waals surface area contributed by atoms with Crippen LogP contribution in [0, 0.1) is 15.9 Å². The zero-order chi connectivity index (χ0) is 13.1. The van der Waals surface area contributed by atoms with Crippen LogP contribution in [0.15, 0.2) is 18.2 Å². The van der Waals surface area contributed by atoms with Crippen molar-refractivity contribution in [2.75, 3.05) is 7.05 Å². The molecule has 8 heteroatoms. The second-order valence-electron chi connectivity index (χ2n) is 3.45. The number of hydrogen-bond acceptors (Lipinski definition) is 6. The molecule has 2 rings (SSSR count). The van der Waals surface area contributed by atoms with Gasteiger partial charge in [-0.3, -0.25) is 10.1 Å². The van der Waals surface area contributed by atoms with Gasteiger partial charge in [-0.2, -0.15) is 0 Å². The molecular formula is C10H9FN4O2S. The van der Waals surface area contributed by atoms with Crippen LogP contribution in [0.1, 0.15) is 5.01 Å². The van der Waals surface area contributed by atoms with Crippen LogP contribution in [0.4, 0.5) is 10.1 Å². The number of nitrogens with zero attached hydrogens (tertiary/aromatic N) is 3. The van der Waals surface area contributed by atoms with Gasteiger partial charge in [-0.25, -0.2) is 4.39 Å². The topological polar surface area (TPSA) is 81.0 Å². The molecule has 1 heterocycles. The fourth-order valence-electron chi connectivity index (χ4n) is 1.38. The Bertz CT molecular complexity index is 587. The summed E-state index contributed by atoms with van der Waals surface area (Å²) in [5, 5.41) is 22.3. The smallest absolute Gasteiger partial charge is 0.272 e. The van der Waals surface area contributed by atoms with E-state index in [0.29, 0.717) is 11.6 Å². The summed E-state index contributed by atoms with van der Waals surface area (Å²) < 4.78 is 13.7. The minimum Gasteiger partial charge on any atom is -0.313 e. The van der Waals surface area contributed by atoms with Crippen LogP contribution in [0.2, 0.25) is 0 Å². The van der Waals surface area contributed by atoms with E-state index in [-0.39, 0.29) is 11.3 Å². The number of hydrogen-bond donors (Lipinski definition) is 1. The highest BCUT2D eigenvalue weighted by Crippen LogP contribution is 2.28. The molecule has 0 fully saturated rings. The molecule has 18 heavy (non-hydrogen) atoms. The van der Waals surface area contributed by atoms with E-state index in [1.807, 2.05) is 0 Å². The standard InChI is InChI=1S/C10H9FN4O2S/c1-12-5-9-13-14-10(18-9)7-3-2-6(15(16)17)4-8(7)11/h2-4,12H,5H2,1H3. The Morgan fingerprint density at radius 1 is 1.50 bits per heavy atom. The van der Waals surface area contributed by atoms with Crippen LogP contribution in [-0.2, 0) is 6.54 Å². The van der Waals surface area contributed by atoms with Gasteiger partial charge in [0, 0.05) is 18.2 Å². The fraction of sp³-hybridized carbons (Fsp3) is 0.200. The molecule has 6 nitrogen and oxygen atoms in total. The average Bonchev–Trinajstić information content (AvgIpc) is 2.77. The van der Waals surface area contributed by atoms with E-state index in [1.54, 1.807) is 7.05 Å². The predicted molar refractivity (Wildman–Crippen MR) is 64.7 cm³/mol. The first-order valence-electron chi connectivity index (χ1n) is 5.03. The van der Waals surface area contributed by atoms with E-state index in [0.717, 1.165) is 11.1 Å². The lowest BCUT2D eigenvalue weighted by Gasteiger charge is -1.97. The molecule has 1 aromatic heterocycles. The van der Waals surface area contributed by atoms with Gasteiger partial charge in [0.15, 0.2) is 5.01 Å². The molecule has 94 valence electrons. The number of rotatable bonds is 4. The number of nitrogens with one attached hydrogen (secondary N) is 1. The van der Waals surface area contributed by atoms with Crippen LogP contribution in [0.25, 0.3) is 10.6 Å². The lowest BCUT2D eigenvalue weighted by molar-refractivity contribution is -0.385. The molecule has 1 N–H and O–H groups in total. The van der Waals surface area contributed by atoms with Crippen LogP contribution in [-0.4, -0.2) is 22.2 Å². The molecule has 0 saturated carbocycles. The molecule has 0 spiro atoms. The quantitative estimate of drug-likeness (QED) is 0.677. The molecule has 0 aliphatic carbocycles. The molecular weight excluding hydrogens is 259 g/mol. The predicted octanol–water partition coefficient (Wildman–Crippen LogP) is 1.97. The second kappa shape index (κ2) is 5.15. The van der Waals surface area contributed by atoms with Crippen molar-refractivity contribution in [1.82, 2.24) is 15.5 Å².